The van der Waals surface area contributed by atoms with Gasteiger partial charge in [0.1, 0.15) is 5.15 Å². The van der Waals surface area contributed by atoms with Crippen LogP contribution in [0, 0.1) is 0 Å². The van der Waals surface area contributed by atoms with E-state index in [1.165, 1.54) is 10.9 Å². The predicted molar refractivity (Wildman–Crippen MR) is 70.2 cm³/mol. The molecule has 1 N–H and O–H groups in total. The van der Waals surface area contributed by atoms with Gasteiger partial charge in [0.05, 0.1) is 0 Å². The molecule has 1 heterocycles. The first kappa shape index (κ1) is 11.5. The second-order valence-electron chi connectivity index (χ2n) is 4.48. The Morgan fingerprint density at radius 3 is 2.69 bits per heavy atom. The molecule has 1 aromatic carbocycles. The lowest BCUT2D eigenvalue weighted by atomic mass is 10.1. The third-order valence-electron chi connectivity index (χ3n) is 3.14. The molecule has 86 valence electrons. The molecule has 2 aromatic rings. The summed E-state index contributed by atoms with van der Waals surface area (Å²) in [7, 11) is 4.18. The first-order valence-corrected chi connectivity index (χ1v) is 5.89. The van der Waals surface area contributed by atoms with Crippen molar-refractivity contribution in [1.29, 1.82) is 0 Å². The highest BCUT2D eigenvalue weighted by Crippen LogP contribution is 2.27. The summed E-state index contributed by atoms with van der Waals surface area (Å²) in [4.78, 5) is 5.42. The molecule has 3 heteroatoms. The van der Waals surface area contributed by atoms with Gasteiger partial charge in [0.25, 0.3) is 0 Å². The van der Waals surface area contributed by atoms with Crippen LogP contribution in [0.3, 0.4) is 0 Å². The molecule has 0 saturated heterocycles. The summed E-state index contributed by atoms with van der Waals surface area (Å²) in [6, 6.07) is 8.74. The van der Waals surface area contributed by atoms with Gasteiger partial charge in [-0.25, -0.2) is 0 Å². The lowest BCUT2D eigenvalue weighted by Crippen LogP contribution is -2.26. The number of hydrogen-bond donors (Lipinski definition) is 1. The van der Waals surface area contributed by atoms with E-state index in [4.69, 9.17) is 11.6 Å². The monoisotopic (exact) mass is 236 g/mol. The van der Waals surface area contributed by atoms with E-state index in [-0.39, 0.29) is 0 Å². The zero-order chi connectivity index (χ0) is 11.7. The minimum Gasteiger partial charge on any atom is -0.345 e. The van der Waals surface area contributed by atoms with Gasteiger partial charge in [0.15, 0.2) is 0 Å². The fourth-order valence-electron chi connectivity index (χ4n) is 1.84. The molecule has 0 fully saturated rings. The second-order valence-corrected chi connectivity index (χ2v) is 4.86. The van der Waals surface area contributed by atoms with Gasteiger partial charge in [-0.05, 0) is 39.1 Å². The molecule has 0 amide bonds. The Hall–Kier alpha value is -0.990. The van der Waals surface area contributed by atoms with E-state index in [2.05, 4.69) is 49.1 Å². The number of nitrogens with zero attached hydrogens (tertiary/aromatic N) is 1. The fourth-order valence-corrected chi connectivity index (χ4v) is 2.13. The number of nitrogens with one attached hydrogen (secondary N) is 1. The Labute approximate surface area is 101 Å². The van der Waals surface area contributed by atoms with Crippen molar-refractivity contribution in [2.45, 2.75) is 19.4 Å². The van der Waals surface area contributed by atoms with Crippen molar-refractivity contribution in [1.82, 2.24) is 9.88 Å². The number of halogens is 1. The molecule has 2 nitrogen and oxygen atoms in total. The summed E-state index contributed by atoms with van der Waals surface area (Å²) in [6.07, 6.45) is 0.968. The van der Waals surface area contributed by atoms with Crippen molar-refractivity contribution >= 4 is 22.5 Å². The van der Waals surface area contributed by atoms with Crippen molar-refractivity contribution in [2.24, 2.45) is 0 Å². The second kappa shape index (κ2) is 4.48. The van der Waals surface area contributed by atoms with E-state index in [0.717, 1.165) is 17.1 Å². The van der Waals surface area contributed by atoms with Crippen LogP contribution in [0.1, 0.15) is 12.5 Å². The number of fused-ring (bicyclic) bond motifs is 1. The minimum absolute atomic E-state index is 0.483. The van der Waals surface area contributed by atoms with Gasteiger partial charge >= 0.3 is 0 Å². The van der Waals surface area contributed by atoms with Crippen LogP contribution in [0.25, 0.3) is 10.9 Å². The first-order chi connectivity index (χ1) is 7.59. The Kier molecular flexibility index (Phi) is 3.22. The van der Waals surface area contributed by atoms with Gasteiger partial charge in [-0.3, -0.25) is 0 Å². The third-order valence-corrected chi connectivity index (χ3v) is 3.47. The summed E-state index contributed by atoms with van der Waals surface area (Å²) >= 11 is 6.24. The highest BCUT2D eigenvalue weighted by molar-refractivity contribution is 6.31. The van der Waals surface area contributed by atoms with Crippen LogP contribution in [-0.4, -0.2) is 30.0 Å². The van der Waals surface area contributed by atoms with Gasteiger partial charge in [-0.1, -0.05) is 29.8 Å². The smallest absolute Gasteiger partial charge is 0.110 e. The van der Waals surface area contributed by atoms with Crippen molar-refractivity contribution < 1.29 is 0 Å². The highest BCUT2D eigenvalue weighted by atomic mass is 35.5. The number of H-pyrrole nitrogens is 1. The van der Waals surface area contributed by atoms with Crippen molar-refractivity contribution in [3.8, 4) is 0 Å². The van der Waals surface area contributed by atoms with Gasteiger partial charge < -0.3 is 9.88 Å². The minimum atomic E-state index is 0.483. The van der Waals surface area contributed by atoms with Crippen molar-refractivity contribution in [3.05, 3.63) is 35.0 Å². The topological polar surface area (TPSA) is 19.0 Å². The summed E-state index contributed by atoms with van der Waals surface area (Å²) in [5, 5.41) is 2.01. The van der Waals surface area contributed by atoms with Crippen LogP contribution in [0.4, 0.5) is 0 Å². The van der Waals surface area contributed by atoms with Crippen molar-refractivity contribution in [2.75, 3.05) is 14.1 Å². The number of rotatable bonds is 3. The molecule has 0 aliphatic rings. The molecule has 0 radical (unpaired) electrons. The Bertz CT molecular complexity index is 488. The quantitative estimate of drug-likeness (QED) is 0.866. The number of para-hydroxylation sites is 1. The molecule has 0 saturated carbocycles. The number of likely N-dealkylation sites (N-methyl/N-ethyl adjacent to an activating group) is 1. The summed E-state index contributed by atoms with van der Waals surface area (Å²) < 4.78 is 0. The molecular weight excluding hydrogens is 220 g/mol. The van der Waals surface area contributed by atoms with Crippen LogP contribution in [-0.2, 0) is 6.42 Å². The van der Waals surface area contributed by atoms with Gasteiger partial charge in [-0.2, -0.15) is 0 Å². The Balaban J connectivity index is 2.40. The molecule has 0 bridgehead atoms. The average Bonchev–Trinajstić information content (AvgIpc) is 2.55. The van der Waals surface area contributed by atoms with Crippen LogP contribution < -0.4 is 0 Å². The number of aromatic amines is 1. The lowest BCUT2D eigenvalue weighted by Gasteiger charge is -2.19. The van der Waals surface area contributed by atoms with Gasteiger partial charge in [0.2, 0.25) is 0 Å². The normalized spacial score (nSPS) is 13.6. The first-order valence-electron chi connectivity index (χ1n) is 5.51. The van der Waals surface area contributed by atoms with Crippen LogP contribution >= 0.6 is 11.6 Å². The molecular formula is C13H17ClN2. The molecule has 0 aliphatic carbocycles. The predicted octanol–water partition coefficient (Wildman–Crippen LogP) is 3.31. The van der Waals surface area contributed by atoms with E-state index in [1.54, 1.807) is 0 Å². The average molecular weight is 237 g/mol. The maximum atomic E-state index is 6.24. The number of benzene rings is 1. The molecule has 0 unspecified atom stereocenters. The summed E-state index contributed by atoms with van der Waals surface area (Å²) in [5.74, 6) is 0. The van der Waals surface area contributed by atoms with E-state index in [0.29, 0.717) is 6.04 Å². The van der Waals surface area contributed by atoms with Crippen LogP contribution in [0.5, 0.6) is 0 Å². The Morgan fingerprint density at radius 2 is 2.00 bits per heavy atom. The maximum absolute atomic E-state index is 6.24. The van der Waals surface area contributed by atoms with E-state index in [9.17, 15) is 0 Å². The van der Waals surface area contributed by atoms with E-state index >= 15 is 0 Å². The van der Waals surface area contributed by atoms with E-state index in [1.807, 2.05) is 6.07 Å². The molecule has 0 spiro atoms. The van der Waals surface area contributed by atoms with Crippen molar-refractivity contribution in [3.63, 3.8) is 0 Å². The molecule has 2 rings (SSSR count). The summed E-state index contributed by atoms with van der Waals surface area (Å²) in [5.41, 5.74) is 2.34. The molecule has 1 atom stereocenters. The fraction of sp³-hybridized carbons (Fsp3) is 0.385. The van der Waals surface area contributed by atoms with Crippen LogP contribution in [0.2, 0.25) is 5.15 Å². The molecule has 1 aromatic heterocycles. The van der Waals surface area contributed by atoms with Gasteiger partial charge in [-0.15, -0.1) is 0 Å². The van der Waals surface area contributed by atoms with E-state index < -0.39 is 0 Å². The zero-order valence-corrected chi connectivity index (χ0v) is 10.7. The highest BCUT2D eigenvalue weighted by Gasteiger charge is 2.13. The largest absolute Gasteiger partial charge is 0.345 e. The lowest BCUT2D eigenvalue weighted by molar-refractivity contribution is 0.313. The summed E-state index contributed by atoms with van der Waals surface area (Å²) in [6.45, 7) is 2.21. The molecule has 16 heavy (non-hydrogen) atoms. The third kappa shape index (κ3) is 2.08. The Morgan fingerprint density at radius 1 is 1.31 bits per heavy atom. The molecule has 0 aliphatic heterocycles. The van der Waals surface area contributed by atoms with Crippen LogP contribution in [0.15, 0.2) is 24.3 Å². The SMILES string of the molecule is C[C@@H](Cc1c(Cl)[nH]c2ccccc12)N(C)C. The van der Waals surface area contributed by atoms with Gasteiger partial charge in [0, 0.05) is 16.9 Å². The maximum Gasteiger partial charge on any atom is 0.110 e. The number of aromatic nitrogens is 1. The number of hydrogen-bond acceptors (Lipinski definition) is 1. The standard InChI is InChI=1S/C13H17ClN2/c1-9(16(2)3)8-11-10-6-4-5-7-12(10)15-13(11)14/h4-7,9,15H,8H2,1-3H3/t9-/m0/s1. The zero-order valence-electron chi connectivity index (χ0n) is 9.92.